The zero-order chi connectivity index (χ0) is 16.5. The Bertz CT molecular complexity index is 607. The van der Waals surface area contributed by atoms with Crippen LogP contribution in [0.5, 0.6) is 5.88 Å². The van der Waals surface area contributed by atoms with Gasteiger partial charge in [0.2, 0.25) is 5.88 Å². The van der Waals surface area contributed by atoms with E-state index in [9.17, 15) is 4.79 Å². The lowest BCUT2D eigenvalue weighted by Gasteiger charge is -2.29. The maximum absolute atomic E-state index is 12.7. The highest BCUT2D eigenvalue weighted by Gasteiger charge is 2.47. The van der Waals surface area contributed by atoms with Crippen LogP contribution in [0.1, 0.15) is 12.8 Å². The number of hydrogen-bond donors (Lipinski definition) is 0. The summed E-state index contributed by atoms with van der Waals surface area (Å²) in [4.78, 5) is 25.1. The van der Waals surface area contributed by atoms with Gasteiger partial charge >= 0.3 is 0 Å². The highest BCUT2D eigenvalue weighted by molar-refractivity contribution is 5.81. The Balaban J connectivity index is 1.45. The molecule has 0 aliphatic carbocycles. The van der Waals surface area contributed by atoms with Crippen molar-refractivity contribution in [1.29, 1.82) is 0 Å². The van der Waals surface area contributed by atoms with Gasteiger partial charge in [-0.05, 0) is 6.42 Å². The van der Waals surface area contributed by atoms with Crippen molar-refractivity contribution in [2.24, 2.45) is 0 Å². The largest absolute Gasteiger partial charge is 0.481 e. The summed E-state index contributed by atoms with van der Waals surface area (Å²) in [5.41, 5.74) is 0. The summed E-state index contributed by atoms with van der Waals surface area (Å²) < 4.78 is 16.6. The molecule has 1 amide bonds. The van der Waals surface area contributed by atoms with Crippen LogP contribution >= 0.6 is 0 Å². The van der Waals surface area contributed by atoms with Crippen molar-refractivity contribution in [3.8, 4) is 5.88 Å². The fourth-order valence-electron chi connectivity index (χ4n) is 3.78. The van der Waals surface area contributed by atoms with E-state index in [-0.39, 0.29) is 24.2 Å². The molecule has 0 saturated carbocycles. The monoisotopic (exact) mass is 334 g/mol. The van der Waals surface area contributed by atoms with E-state index in [1.165, 1.54) is 6.33 Å². The van der Waals surface area contributed by atoms with Gasteiger partial charge in [0.1, 0.15) is 18.2 Å². The van der Waals surface area contributed by atoms with Crippen molar-refractivity contribution in [3.05, 3.63) is 12.4 Å². The molecule has 3 atom stereocenters. The number of carbonyl (C=O) groups excluding carboxylic acids is 1. The first-order valence-corrected chi connectivity index (χ1v) is 8.41. The number of methoxy groups -OCH3 is 1. The second-order valence-electron chi connectivity index (χ2n) is 6.30. The van der Waals surface area contributed by atoms with Crippen molar-refractivity contribution < 1.29 is 19.0 Å². The van der Waals surface area contributed by atoms with Crippen LogP contribution in [0.25, 0.3) is 0 Å². The summed E-state index contributed by atoms with van der Waals surface area (Å²) in [6, 6.07) is 2.01. The minimum atomic E-state index is -0.357. The normalized spacial score (nSPS) is 29.6. The Kier molecular flexibility index (Phi) is 4.24. The van der Waals surface area contributed by atoms with E-state index >= 15 is 0 Å². The Hall–Kier alpha value is -1.93. The average Bonchev–Trinajstić information content (AvgIpc) is 3.22. The quantitative estimate of drug-likeness (QED) is 0.775. The second-order valence-corrected chi connectivity index (χ2v) is 6.30. The van der Waals surface area contributed by atoms with E-state index in [1.807, 2.05) is 11.0 Å². The first kappa shape index (κ1) is 15.6. The summed E-state index contributed by atoms with van der Waals surface area (Å²) in [5.74, 6) is 1.47. The van der Waals surface area contributed by atoms with Gasteiger partial charge in [-0.25, -0.2) is 9.97 Å². The molecule has 3 fully saturated rings. The van der Waals surface area contributed by atoms with E-state index in [4.69, 9.17) is 14.2 Å². The van der Waals surface area contributed by atoms with E-state index in [1.54, 1.807) is 7.11 Å². The van der Waals surface area contributed by atoms with Crippen molar-refractivity contribution in [3.63, 3.8) is 0 Å². The number of hydrogen-bond acceptors (Lipinski definition) is 7. The van der Waals surface area contributed by atoms with Crippen LogP contribution in [-0.2, 0) is 14.3 Å². The van der Waals surface area contributed by atoms with Crippen LogP contribution in [0.2, 0.25) is 0 Å². The van der Waals surface area contributed by atoms with Gasteiger partial charge in [-0.3, -0.25) is 4.79 Å². The molecule has 0 N–H and O–H groups in total. The van der Waals surface area contributed by atoms with Gasteiger partial charge in [0.05, 0.1) is 32.5 Å². The number of rotatable bonds is 3. The predicted molar refractivity (Wildman–Crippen MR) is 85.0 cm³/mol. The van der Waals surface area contributed by atoms with Gasteiger partial charge in [-0.1, -0.05) is 0 Å². The zero-order valence-electron chi connectivity index (χ0n) is 13.8. The number of ether oxygens (including phenoxy) is 3. The van der Waals surface area contributed by atoms with Gasteiger partial charge in [-0.15, -0.1) is 0 Å². The molecule has 0 radical (unpaired) electrons. The van der Waals surface area contributed by atoms with Gasteiger partial charge < -0.3 is 24.0 Å². The summed E-state index contributed by atoms with van der Waals surface area (Å²) in [6.07, 6.45) is 2.84. The van der Waals surface area contributed by atoms with E-state index in [2.05, 4.69) is 14.9 Å². The van der Waals surface area contributed by atoms with E-state index < -0.39 is 0 Å². The highest BCUT2D eigenvalue weighted by atomic mass is 16.5. The molecular weight excluding hydrogens is 312 g/mol. The molecule has 3 aliphatic rings. The van der Waals surface area contributed by atoms with Gasteiger partial charge in [0.15, 0.2) is 0 Å². The maximum Gasteiger partial charge on any atom is 0.251 e. The molecule has 4 heterocycles. The van der Waals surface area contributed by atoms with Crippen LogP contribution in [0.15, 0.2) is 12.4 Å². The molecule has 8 heteroatoms. The lowest BCUT2D eigenvalue weighted by molar-refractivity contribution is -0.146. The number of fused-ring (bicyclic) bond motifs is 1. The van der Waals surface area contributed by atoms with Crippen LogP contribution in [0.3, 0.4) is 0 Å². The summed E-state index contributed by atoms with van der Waals surface area (Å²) >= 11 is 0. The van der Waals surface area contributed by atoms with Gasteiger partial charge in [0.25, 0.3) is 5.91 Å². The predicted octanol–water partition coefficient (Wildman–Crippen LogP) is 0.0802. The van der Waals surface area contributed by atoms with Crippen LogP contribution < -0.4 is 9.64 Å². The SMILES string of the molecule is COc1cc(N2CC[C@@H]3O[C@@H](C(=O)N4CCOCC4)C[C@@H]32)ncn1. The lowest BCUT2D eigenvalue weighted by Crippen LogP contribution is -2.46. The first-order chi connectivity index (χ1) is 11.8. The lowest BCUT2D eigenvalue weighted by atomic mass is 10.1. The molecule has 24 heavy (non-hydrogen) atoms. The first-order valence-electron chi connectivity index (χ1n) is 8.41. The molecule has 1 aromatic rings. The Morgan fingerprint density at radius 3 is 2.92 bits per heavy atom. The minimum absolute atomic E-state index is 0.0842. The van der Waals surface area contributed by atoms with Crippen molar-refractivity contribution in [2.45, 2.75) is 31.1 Å². The molecule has 4 rings (SSSR count). The molecule has 0 bridgehead atoms. The third-order valence-corrected chi connectivity index (χ3v) is 5.01. The van der Waals surface area contributed by atoms with Crippen molar-refractivity contribution in [1.82, 2.24) is 14.9 Å². The zero-order valence-corrected chi connectivity index (χ0v) is 13.8. The van der Waals surface area contributed by atoms with Crippen molar-refractivity contribution in [2.75, 3.05) is 44.9 Å². The molecular formula is C16H22N4O4. The third-order valence-electron chi connectivity index (χ3n) is 5.01. The number of morpholine rings is 1. The number of aromatic nitrogens is 2. The van der Waals surface area contributed by atoms with E-state index in [0.717, 1.165) is 18.8 Å². The van der Waals surface area contributed by atoms with Gasteiger partial charge in [0, 0.05) is 32.1 Å². The van der Waals surface area contributed by atoms with Gasteiger partial charge in [-0.2, -0.15) is 0 Å². The third kappa shape index (κ3) is 2.80. The minimum Gasteiger partial charge on any atom is -0.481 e. The molecule has 0 spiro atoms. The molecule has 3 aliphatic heterocycles. The van der Waals surface area contributed by atoms with Crippen LogP contribution in [0, 0.1) is 0 Å². The highest BCUT2D eigenvalue weighted by Crippen LogP contribution is 2.36. The Morgan fingerprint density at radius 2 is 2.12 bits per heavy atom. The second kappa shape index (κ2) is 6.52. The number of anilines is 1. The van der Waals surface area contributed by atoms with Crippen molar-refractivity contribution >= 4 is 11.7 Å². The number of carbonyl (C=O) groups is 1. The smallest absolute Gasteiger partial charge is 0.251 e. The number of amides is 1. The molecule has 8 nitrogen and oxygen atoms in total. The Morgan fingerprint density at radius 1 is 1.29 bits per heavy atom. The molecule has 0 aromatic carbocycles. The van der Waals surface area contributed by atoms with Crippen LogP contribution in [0.4, 0.5) is 5.82 Å². The fourth-order valence-corrected chi connectivity index (χ4v) is 3.78. The maximum atomic E-state index is 12.7. The van der Waals surface area contributed by atoms with E-state index in [0.29, 0.717) is 38.6 Å². The standard InChI is InChI=1S/C16H22N4O4/c1-22-15-9-14(17-10-18-15)20-3-2-12-11(20)8-13(24-12)16(21)19-4-6-23-7-5-19/h9-13H,2-8H2,1H3/t11-,12-,13+/m0/s1. The Labute approximate surface area is 140 Å². The molecule has 3 saturated heterocycles. The summed E-state index contributed by atoms with van der Waals surface area (Å²) in [5, 5.41) is 0. The molecule has 0 unspecified atom stereocenters. The van der Waals surface area contributed by atoms with Crippen LogP contribution in [-0.4, -0.2) is 79.0 Å². The summed E-state index contributed by atoms with van der Waals surface area (Å²) in [6.45, 7) is 3.39. The topological polar surface area (TPSA) is 77.0 Å². The fraction of sp³-hybridized carbons (Fsp3) is 0.688. The summed E-state index contributed by atoms with van der Waals surface area (Å²) in [7, 11) is 1.59. The molecule has 1 aromatic heterocycles. The molecule has 130 valence electrons. The average molecular weight is 334 g/mol. The number of nitrogens with zero attached hydrogens (tertiary/aromatic N) is 4.